The highest BCUT2D eigenvalue weighted by atomic mass is 35.5. The first-order valence-electron chi connectivity index (χ1n) is 9.21. The predicted molar refractivity (Wildman–Crippen MR) is 109 cm³/mol. The summed E-state index contributed by atoms with van der Waals surface area (Å²) in [6.07, 6.45) is 0.652. The Labute approximate surface area is 166 Å². The molecule has 0 bridgehead atoms. The van der Waals surface area contributed by atoms with Crippen LogP contribution in [0, 0.1) is 0 Å². The molecular formula is C22H28ClNO3. The van der Waals surface area contributed by atoms with Crippen LogP contribution >= 0.6 is 11.6 Å². The molecule has 4 nitrogen and oxygen atoms in total. The fraction of sp³-hybridized carbons (Fsp3) is 0.409. The number of carbonyl (C=O) groups is 1. The molecule has 0 spiro atoms. The zero-order valence-electron chi connectivity index (χ0n) is 16.1. The molecule has 0 radical (unpaired) electrons. The van der Waals surface area contributed by atoms with Gasteiger partial charge in [0, 0.05) is 24.4 Å². The van der Waals surface area contributed by atoms with Gasteiger partial charge in [0.05, 0.1) is 11.6 Å². The van der Waals surface area contributed by atoms with Gasteiger partial charge in [0.1, 0.15) is 6.10 Å². The van der Waals surface area contributed by atoms with Crippen molar-refractivity contribution in [2.24, 2.45) is 0 Å². The maximum Gasteiger partial charge on any atom is 0.410 e. The van der Waals surface area contributed by atoms with Gasteiger partial charge in [0.15, 0.2) is 0 Å². The third kappa shape index (κ3) is 7.24. The third-order valence-electron chi connectivity index (χ3n) is 4.41. The number of rotatable bonds is 4. The Kier molecular flexibility index (Phi) is 7.69. The van der Waals surface area contributed by atoms with Crippen molar-refractivity contribution in [3.05, 3.63) is 71.2 Å². The Morgan fingerprint density at radius 2 is 1.67 bits per heavy atom. The topological polar surface area (TPSA) is 49.8 Å². The van der Waals surface area contributed by atoms with E-state index in [4.69, 9.17) is 16.3 Å². The lowest BCUT2D eigenvalue weighted by Crippen LogP contribution is -2.45. The minimum Gasteiger partial charge on any atom is -0.446 e. The van der Waals surface area contributed by atoms with Crippen LogP contribution in [0.1, 0.15) is 45.2 Å². The minimum absolute atomic E-state index is 0.0575. The van der Waals surface area contributed by atoms with Crippen molar-refractivity contribution >= 4 is 17.7 Å². The summed E-state index contributed by atoms with van der Waals surface area (Å²) in [6, 6.07) is 19.4. The second-order valence-corrected chi connectivity index (χ2v) is 7.82. The van der Waals surface area contributed by atoms with Gasteiger partial charge in [0.2, 0.25) is 0 Å². The lowest BCUT2D eigenvalue weighted by molar-refractivity contribution is -0.0309. The highest BCUT2D eigenvalue weighted by Crippen LogP contribution is 2.28. The summed E-state index contributed by atoms with van der Waals surface area (Å²) < 4.78 is 5.44. The van der Waals surface area contributed by atoms with Crippen LogP contribution in [0.4, 0.5) is 4.79 Å². The normalized spacial score (nSPS) is 18.2. The van der Waals surface area contributed by atoms with Crippen molar-refractivity contribution in [1.29, 1.82) is 0 Å². The number of aliphatic hydroxyl groups is 1. The van der Waals surface area contributed by atoms with E-state index in [1.807, 2.05) is 67.6 Å². The monoisotopic (exact) mass is 389 g/mol. The first-order valence-corrected chi connectivity index (χ1v) is 9.59. The average molecular weight is 390 g/mol. The maximum atomic E-state index is 12.2. The Morgan fingerprint density at radius 3 is 2.11 bits per heavy atom. The molecule has 1 saturated heterocycles. The largest absolute Gasteiger partial charge is 0.446 e. The molecule has 1 fully saturated rings. The van der Waals surface area contributed by atoms with E-state index < -0.39 is 5.60 Å². The van der Waals surface area contributed by atoms with Crippen LogP contribution in [-0.4, -0.2) is 34.3 Å². The van der Waals surface area contributed by atoms with Gasteiger partial charge >= 0.3 is 6.09 Å². The van der Waals surface area contributed by atoms with E-state index in [-0.39, 0.29) is 18.2 Å². The molecule has 2 aromatic rings. The van der Waals surface area contributed by atoms with Gasteiger partial charge < -0.3 is 14.7 Å². The fourth-order valence-corrected chi connectivity index (χ4v) is 3.13. The molecule has 0 saturated carbocycles. The van der Waals surface area contributed by atoms with Crippen LogP contribution in [0.15, 0.2) is 60.7 Å². The second-order valence-electron chi connectivity index (χ2n) is 7.39. The van der Waals surface area contributed by atoms with Crippen LogP contribution in [0.2, 0.25) is 5.02 Å². The van der Waals surface area contributed by atoms with E-state index in [0.717, 1.165) is 12.0 Å². The van der Waals surface area contributed by atoms with E-state index in [1.54, 1.807) is 18.7 Å². The van der Waals surface area contributed by atoms with Gasteiger partial charge in [0.25, 0.3) is 0 Å². The van der Waals surface area contributed by atoms with Crippen molar-refractivity contribution in [2.75, 3.05) is 6.54 Å². The van der Waals surface area contributed by atoms with Crippen LogP contribution in [0.3, 0.4) is 0 Å². The predicted octanol–water partition coefficient (Wildman–Crippen LogP) is 5.46. The zero-order valence-corrected chi connectivity index (χ0v) is 16.9. The molecule has 0 aromatic heterocycles. The first kappa shape index (κ1) is 21.3. The lowest BCUT2D eigenvalue weighted by atomic mass is 9.97. The van der Waals surface area contributed by atoms with Crippen molar-refractivity contribution in [2.45, 2.75) is 51.4 Å². The quantitative estimate of drug-likeness (QED) is 0.755. The standard InChI is InChI=1S/C16H22ClNO3.C6H6/c1-11(12-4-6-13(17)7-5-12)18-9-8-14(21-15(18)19)10-16(2,3)20;1-2-4-6-5-3-1/h4-7,11,14,20H,8-10H2,1-3H3;1-6H. The summed E-state index contributed by atoms with van der Waals surface area (Å²) in [4.78, 5) is 13.9. The molecule has 3 rings (SSSR count). The molecule has 2 unspecified atom stereocenters. The number of cyclic esters (lactones) is 1. The van der Waals surface area contributed by atoms with Gasteiger partial charge in [-0.05, 0) is 38.5 Å². The molecule has 1 aliphatic heterocycles. The molecule has 2 atom stereocenters. The van der Waals surface area contributed by atoms with Crippen molar-refractivity contribution < 1.29 is 14.6 Å². The van der Waals surface area contributed by atoms with Crippen molar-refractivity contribution in [3.63, 3.8) is 0 Å². The summed E-state index contributed by atoms with van der Waals surface area (Å²) in [5.41, 5.74) is 0.201. The number of nitrogens with zero attached hydrogens (tertiary/aromatic N) is 1. The number of hydrogen-bond acceptors (Lipinski definition) is 3. The number of ether oxygens (including phenoxy) is 1. The van der Waals surface area contributed by atoms with E-state index in [2.05, 4.69) is 0 Å². The van der Waals surface area contributed by atoms with Gasteiger partial charge in [-0.2, -0.15) is 0 Å². The lowest BCUT2D eigenvalue weighted by Gasteiger charge is -2.37. The van der Waals surface area contributed by atoms with Gasteiger partial charge in [-0.15, -0.1) is 0 Å². The molecule has 5 heteroatoms. The molecule has 0 aliphatic carbocycles. The van der Waals surface area contributed by atoms with Gasteiger partial charge in [-0.25, -0.2) is 4.79 Å². The van der Waals surface area contributed by atoms with Crippen molar-refractivity contribution in [1.82, 2.24) is 4.90 Å². The van der Waals surface area contributed by atoms with Gasteiger partial charge in [-0.3, -0.25) is 0 Å². The molecule has 2 aromatic carbocycles. The number of benzene rings is 2. The molecule has 1 N–H and O–H groups in total. The molecular weight excluding hydrogens is 362 g/mol. The van der Waals surface area contributed by atoms with Crippen LogP contribution in [0.25, 0.3) is 0 Å². The van der Waals surface area contributed by atoms with E-state index in [1.165, 1.54) is 0 Å². The Balaban J connectivity index is 0.000000369. The van der Waals surface area contributed by atoms with Crippen molar-refractivity contribution in [3.8, 4) is 0 Å². The SMILES string of the molecule is CC(c1ccc(Cl)cc1)N1CCC(CC(C)(C)O)OC1=O.c1ccccc1. The Bertz CT molecular complexity index is 671. The first-order chi connectivity index (χ1) is 12.8. The molecule has 146 valence electrons. The minimum atomic E-state index is -0.824. The van der Waals surface area contributed by atoms with Crippen LogP contribution in [0.5, 0.6) is 0 Å². The van der Waals surface area contributed by atoms with E-state index in [0.29, 0.717) is 18.0 Å². The molecule has 27 heavy (non-hydrogen) atoms. The maximum absolute atomic E-state index is 12.2. The number of carbonyl (C=O) groups excluding carboxylic acids is 1. The zero-order chi connectivity index (χ0) is 19.9. The molecule has 1 heterocycles. The van der Waals surface area contributed by atoms with Crippen LogP contribution < -0.4 is 0 Å². The second kappa shape index (κ2) is 9.77. The van der Waals surface area contributed by atoms with Crippen LogP contribution in [-0.2, 0) is 4.74 Å². The fourth-order valence-electron chi connectivity index (χ4n) is 3.00. The smallest absolute Gasteiger partial charge is 0.410 e. The Hall–Kier alpha value is -2.04. The highest BCUT2D eigenvalue weighted by molar-refractivity contribution is 6.30. The summed E-state index contributed by atoms with van der Waals surface area (Å²) in [5, 5.41) is 10.5. The molecule has 1 aliphatic rings. The summed E-state index contributed by atoms with van der Waals surface area (Å²) in [6.45, 7) is 6.05. The Morgan fingerprint density at radius 1 is 1.15 bits per heavy atom. The highest BCUT2D eigenvalue weighted by Gasteiger charge is 2.33. The van der Waals surface area contributed by atoms with E-state index >= 15 is 0 Å². The number of amides is 1. The molecule has 1 amide bonds. The van der Waals surface area contributed by atoms with E-state index in [9.17, 15) is 9.90 Å². The average Bonchev–Trinajstić information content (AvgIpc) is 2.62. The number of halogens is 1. The summed E-state index contributed by atoms with van der Waals surface area (Å²) >= 11 is 5.88. The summed E-state index contributed by atoms with van der Waals surface area (Å²) in [5.74, 6) is 0. The number of hydrogen-bond donors (Lipinski definition) is 1. The third-order valence-corrected chi connectivity index (χ3v) is 4.66. The van der Waals surface area contributed by atoms with Gasteiger partial charge in [-0.1, -0.05) is 60.1 Å². The summed E-state index contributed by atoms with van der Waals surface area (Å²) in [7, 11) is 0.